The molecule has 2 N–H and O–H groups in total. The molecule has 0 fully saturated rings. The molecule has 1 aromatic heterocycles. The molecule has 0 spiro atoms. The first-order valence-corrected chi connectivity index (χ1v) is 10.6. The highest BCUT2D eigenvalue weighted by Gasteiger charge is 2.10. The number of amides is 2. The predicted molar refractivity (Wildman–Crippen MR) is 113 cm³/mol. The van der Waals surface area contributed by atoms with Gasteiger partial charge >= 0.3 is 0 Å². The minimum Gasteiger partial charge on any atom is -0.326 e. The maximum absolute atomic E-state index is 12.9. The molecule has 0 saturated heterocycles. The summed E-state index contributed by atoms with van der Waals surface area (Å²) < 4.78 is 14.6. The van der Waals surface area contributed by atoms with E-state index >= 15 is 0 Å². The molecule has 8 heteroatoms. The number of nitrogens with zero attached hydrogens (tertiary/aromatic N) is 1. The Balaban J connectivity index is 1.58. The zero-order valence-corrected chi connectivity index (χ0v) is 17.1. The number of fused-ring (bicyclic) bond motifs is 1. The maximum atomic E-state index is 12.9. The van der Waals surface area contributed by atoms with Gasteiger partial charge in [0.05, 0.1) is 16.0 Å². The Bertz CT molecular complexity index is 987. The summed E-state index contributed by atoms with van der Waals surface area (Å²) in [4.78, 5) is 28.5. The molecule has 0 saturated carbocycles. The van der Waals surface area contributed by atoms with Crippen LogP contribution in [0.2, 0.25) is 0 Å². The smallest absolute Gasteiger partial charge is 0.234 e. The molecule has 0 aliphatic rings. The quantitative estimate of drug-likeness (QED) is 0.522. The van der Waals surface area contributed by atoms with E-state index in [0.29, 0.717) is 18.0 Å². The van der Waals surface area contributed by atoms with Crippen LogP contribution in [0, 0.1) is 11.7 Å². The van der Waals surface area contributed by atoms with Crippen molar-refractivity contribution in [3.05, 3.63) is 48.3 Å². The van der Waals surface area contributed by atoms with Crippen molar-refractivity contribution < 1.29 is 14.0 Å². The molecule has 0 atom stereocenters. The number of rotatable bonds is 7. The highest BCUT2D eigenvalue weighted by Crippen LogP contribution is 2.31. The third-order valence-corrected chi connectivity index (χ3v) is 5.86. The van der Waals surface area contributed by atoms with Crippen molar-refractivity contribution >= 4 is 56.5 Å². The maximum Gasteiger partial charge on any atom is 0.234 e. The minimum absolute atomic E-state index is 0.00840. The molecule has 0 radical (unpaired) electrons. The predicted octanol–water partition coefficient (Wildman–Crippen LogP) is 5.15. The largest absolute Gasteiger partial charge is 0.326 e. The minimum atomic E-state index is -0.346. The van der Waals surface area contributed by atoms with Crippen molar-refractivity contribution in [2.75, 3.05) is 16.4 Å². The van der Waals surface area contributed by atoms with Gasteiger partial charge in [-0.15, -0.1) is 11.3 Å². The number of nitrogens with one attached hydrogen (secondary N) is 2. The van der Waals surface area contributed by atoms with Crippen LogP contribution in [0.4, 0.5) is 15.8 Å². The topological polar surface area (TPSA) is 71.1 Å². The third-order valence-electron chi connectivity index (χ3n) is 3.70. The van der Waals surface area contributed by atoms with E-state index in [1.54, 1.807) is 0 Å². The molecule has 0 aliphatic carbocycles. The van der Waals surface area contributed by atoms with E-state index in [0.717, 1.165) is 20.2 Å². The number of thioether (sulfide) groups is 1. The second-order valence-corrected chi connectivity index (χ2v) is 8.91. The number of aromatic nitrogens is 1. The van der Waals surface area contributed by atoms with E-state index in [2.05, 4.69) is 15.6 Å². The Morgan fingerprint density at radius 3 is 2.46 bits per heavy atom. The van der Waals surface area contributed by atoms with Crippen molar-refractivity contribution in [2.24, 2.45) is 5.92 Å². The fourth-order valence-corrected chi connectivity index (χ4v) is 4.39. The summed E-state index contributed by atoms with van der Waals surface area (Å²) in [5.41, 5.74) is 2.12. The average Bonchev–Trinajstić information content (AvgIpc) is 3.03. The molecule has 0 bridgehead atoms. The molecular formula is C20H20FN3O2S2. The highest BCUT2D eigenvalue weighted by atomic mass is 32.2. The number of carbonyl (C=O) groups excluding carboxylic acids is 2. The second kappa shape index (κ2) is 9.16. The molecule has 28 heavy (non-hydrogen) atoms. The van der Waals surface area contributed by atoms with Gasteiger partial charge in [-0.2, -0.15) is 0 Å². The molecule has 0 unspecified atom stereocenters. The van der Waals surface area contributed by atoms with Crippen LogP contribution in [0.1, 0.15) is 20.3 Å². The monoisotopic (exact) mass is 417 g/mol. The van der Waals surface area contributed by atoms with Crippen molar-refractivity contribution in [3.8, 4) is 0 Å². The fourth-order valence-electron chi connectivity index (χ4n) is 2.48. The Labute approximate surface area is 170 Å². The summed E-state index contributed by atoms with van der Waals surface area (Å²) in [6.45, 7) is 4.00. The van der Waals surface area contributed by atoms with Crippen molar-refractivity contribution in [1.82, 2.24) is 4.98 Å². The van der Waals surface area contributed by atoms with E-state index in [4.69, 9.17) is 0 Å². The van der Waals surface area contributed by atoms with Gasteiger partial charge in [0.15, 0.2) is 4.34 Å². The summed E-state index contributed by atoms with van der Waals surface area (Å²) in [5.74, 6) is -0.0314. The summed E-state index contributed by atoms with van der Waals surface area (Å²) in [7, 11) is 0. The van der Waals surface area contributed by atoms with Crippen LogP contribution in [0.5, 0.6) is 0 Å². The van der Waals surface area contributed by atoms with E-state index in [9.17, 15) is 14.0 Å². The van der Waals surface area contributed by atoms with E-state index in [-0.39, 0.29) is 23.4 Å². The second-order valence-electron chi connectivity index (χ2n) is 6.65. The Kier molecular flexibility index (Phi) is 6.64. The number of thiazole rings is 1. The molecule has 5 nitrogen and oxygen atoms in total. The van der Waals surface area contributed by atoms with E-state index < -0.39 is 0 Å². The Hall–Kier alpha value is -2.45. The normalized spacial score (nSPS) is 11.0. The van der Waals surface area contributed by atoms with Crippen molar-refractivity contribution in [2.45, 2.75) is 24.6 Å². The van der Waals surface area contributed by atoms with Gasteiger partial charge in [-0.3, -0.25) is 9.59 Å². The molecule has 1 heterocycles. The van der Waals surface area contributed by atoms with Crippen LogP contribution in [0.3, 0.4) is 0 Å². The van der Waals surface area contributed by atoms with Gasteiger partial charge in [0, 0.05) is 17.8 Å². The molecule has 146 valence electrons. The Morgan fingerprint density at radius 2 is 1.75 bits per heavy atom. The zero-order valence-electron chi connectivity index (χ0n) is 15.5. The summed E-state index contributed by atoms with van der Waals surface area (Å²) in [6.07, 6.45) is 0.477. The van der Waals surface area contributed by atoms with Crippen LogP contribution in [0.15, 0.2) is 46.8 Å². The first kappa shape index (κ1) is 20.3. The number of hydrogen-bond acceptors (Lipinski definition) is 5. The SMILES string of the molecule is CC(C)CC(=O)Nc1ccc2nc(SCC(=O)Nc3ccc(F)cc3)sc2c1. The summed E-state index contributed by atoms with van der Waals surface area (Å²) >= 11 is 2.81. The molecule has 3 rings (SSSR count). The standard InChI is InChI=1S/C20H20FN3O2S2/c1-12(2)9-18(25)23-15-7-8-16-17(10-15)28-20(24-16)27-11-19(26)22-14-5-3-13(21)4-6-14/h3-8,10,12H,9,11H2,1-2H3,(H,22,26)(H,23,25). The Morgan fingerprint density at radius 1 is 1.07 bits per heavy atom. The molecular weight excluding hydrogens is 397 g/mol. The van der Waals surface area contributed by atoms with Gasteiger partial charge in [-0.25, -0.2) is 9.37 Å². The lowest BCUT2D eigenvalue weighted by molar-refractivity contribution is -0.117. The molecule has 3 aromatic rings. The van der Waals surface area contributed by atoms with Gasteiger partial charge in [0.1, 0.15) is 5.82 Å². The summed E-state index contributed by atoms with van der Waals surface area (Å²) in [5, 5.41) is 5.62. The number of benzene rings is 2. The highest BCUT2D eigenvalue weighted by molar-refractivity contribution is 8.01. The van der Waals surface area contributed by atoms with Crippen LogP contribution in [-0.4, -0.2) is 22.6 Å². The fraction of sp³-hybridized carbons (Fsp3) is 0.250. The summed E-state index contributed by atoms with van der Waals surface area (Å²) in [6, 6.07) is 11.2. The van der Waals surface area contributed by atoms with Gasteiger partial charge < -0.3 is 10.6 Å². The van der Waals surface area contributed by atoms with E-state index in [1.165, 1.54) is 47.4 Å². The average molecular weight is 418 g/mol. The van der Waals surface area contributed by atoms with Crippen LogP contribution in [0.25, 0.3) is 10.2 Å². The van der Waals surface area contributed by atoms with Crippen LogP contribution in [-0.2, 0) is 9.59 Å². The number of hydrogen-bond donors (Lipinski definition) is 2. The van der Waals surface area contributed by atoms with Crippen LogP contribution < -0.4 is 10.6 Å². The van der Waals surface area contributed by atoms with Gasteiger partial charge in [0.2, 0.25) is 11.8 Å². The number of halogens is 1. The first-order chi connectivity index (χ1) is 13.4. The lowest BCUT2D eigenvalue weighted by atomic mass is 10.1. The number of anilines is 2. The van der Waals surface area contributed by atoms with Crippen molar-refractivity contribution in [3.63, 3.8) is 0 Å². The van der Waals surface area contributed by atoms with Gasteiger partial charge in [-0.05, 0) is 48.4 Å². The zero-order chi connectivity index (χ0) is 20.1. The molecule has 2 amide bonds. The molecule has 2 aromatic carbocycles. The third kappa shape index (κ3) is 5.77. The van der Waals surface area contributed by atoms with E-state index in [1.807, 2.05) is 32.0 Å². The van der Waals surface area contributed by atoms with Gasteiger partial charge in [0.25, 0.3) is 0 Å². The van der Waals surface area contributed by atoms with Crippen LogP contribution >= 0.6 is 23.1 Å². The molecule has 0 aliphatic heterocycles. The number of carbonyl (C=O) groups is 2. The van der Waals surface area contributed by atoms with Gasteiger partial charge in [-0.1, -0.05) is 25.6 Å². The lowest BCUT2D eigenvalue weighted by Gasteiger charge is -2.06. The lowest BCUT2D eigenvalue weighted by Crippen LogP contribution is -2.13. The first-order valence-electron chi connectivity index (χ1n) is 8.77. The van der Waals surface area contributed by atoms with Crippen molar-refractivity contribution in [1.29, 1.82) is 0 Å².